The highest BCUT2D eigenvalue weighted by Gasteiger charge is 2.42. The number of para-hydroxylation sites is 1. The van der Waals surface area contributed by atoms with Crippen LogP contribution in [-0.4, -0.2) is 55.3 Å². The molecular formula is C17H23N3O2. The molecule has 1 aromatic rings. The number of nitrogens with zero attached hydrogens (tertiary/aromatic N) is 2. The van der Waals surface area contributed by atoms with Gasteiger partial charge in [0.25, 0.3) is 0 Å². The molecule has 0 saturated carbocycles. The first kappa shape index (κ1) is 15.0. The summed E-state index contributed by atoms with van der Waals surface area (Å²) < 4.78 is 0. The predicted octanol–water partition coefficient (Wildman–Crippen LogP) is 1.45. The number of nitrogens with one attached hydrogen (secondary N) is 1. The lowest BCUT2D eigenvalue weighted by Gasteiger charge is -2.45. The molecule has 5 nitrogen and oxygen atoms in total. The number of piperidine rings is 1. The molecule has 2 aliphatic heterocycles. The van der Waals surface area contributed by atoms with Crippen molar-refractivity contribution in [3.8, 4) is 0 Å². The second-order valence-corrected chi connectivity index (χ2v) is 6.67. The number of hydrogen-bond acceptors (Lipinski definition) is 3. The van der Waals surface area contributed by atoms with E-state index >= 15 is 0 Å². The highest BCUT2D eigenvalue weighted by atomic mass is 16.2. The van der Waals surface area contributed by atoms with E-state index in [2.05, 4.69) is 11.4 Å². The van der Waals surface area contributed by atoms with E-state index in [4.69, 9.17) is 0 Å². The van der Waals surface area contributed by atoms with E-state index < -0.39 is 0 Å². The summed E-state index contributed by atoms with van der Waals surface area (Å²) in [5, 5.41) is 2.97. The monoisotopic (exact) mass is 301 g/mol. The van der Waals surface area contributed by atoms with Gasteiger partial charge in [-0.05, 0) is 38.6 Å². The van der Waals surface area contributed by atoms with Crippen LogP contribution < -0.4 is 5.32 Å². The SMILES string of the molecule is CN(C)CC(=O)N1CCC2(CC1)CC(=O)Nc1ccccc12. The Morgan fingerprint density at radius 3 is 2.64 bits per heavy atom. The van der Waals surface area contributed by atoms with Gasteiger partial charge < -0.3 is 15.1 Å². The second kappa shape index (κ2) is 5.72. The van der Waals surface area contributed by atoms with Crippen LogP contribution in [0.15, 0.2) is 24.3 Å². The first-order chi connectivity index (χ1) is 10.5. The summed E-state index contributed by atoms with van der Waals surface area (Å²) in [5.74, 6) is 0.264. The van der Waals surface area contributed by atoms with E-state index in [0.29, 0.717) is 13.0 Å². The van der Waals surface area contributed by atoms with Gasteiger partial charge in [-0.1, -0.05) is 18.2 Å². The summed E-state index contributed by atoms with van der Waals surface area (Å²) in [5.41, 5.74) is 2.06. The van der Waals surface area contributed by atoms with E-state index in [1.807, 2.05) is 42.1 Å². The summed E-state index contributed by atoms with van der Waals surface area (Å²) in [6.45, 7) is 1.91. The molecule has 0 radical (unpaired) electrons. The number of carbonyl (C=O) groups is 2. The van der Waals surface area contributed by atoms with Crippen molar-refractivity contribution in [3.63, 3.8) is 0 Å². The molecule has 1 spiro atoms. The topological polar surface area (TPSA) is 52.7 Å². The third-order valence-corrected chi connectivity index (χ3v) is 4.80. The Bertz CT molecular complexity index is 589. The van der Waals surface area contributed by atoms with Crippen molar-refractivity contribution in [1.82, 2.24) is 9.80 Å². The molecular weight excluding hydrogens is 278 g/mol. The van der Waals surface area contributed by atoms with Crippen LogP contribution in [-0.2, 0) is 15.0 Å². The van der Waals surface area contributed by atoms with Crippen LogP contribution >= 0.6 is 0 Å². The van der Waals surface area contributed by atoms with Crippen molar-refractivity contribution in [1.29, 1.82) is 0 Å². The maximum atomic E-state index is 12.2. The summed E-state index contributed by atoms with van der Waals surface area (Å²) in [6, 6.07) is 8.07. The minimum atomic E-state index is -0.103. The van der Waals surface area contributed by atoms with Crippen LogP contribution in [0.5, 0.6) is 0 Å². The summed E-state index contributed by atoms with van der Waals surface area (Å²) in [4.78, 5) is 28.1. The van der Waals surface area contributed by atoms with Crippen molar-refractivity contribution in [2.24, 2.45) is 0 Å². The largest absolute Gasteiger partial charge is 0.342 e. The maximum absolute atomic E-state index is 12.2. The van der Waals surface area contributed by atoms with E-state index in [1.165, 1.54) is 5.56 Å². The number of hydrogen-bond donors (Lipinski definition) is 1. The molecule has 2 amide bonds. The number of rotatable bonds is 2. The van der Waals surface area contributed by atoms with Gasteiger partial charge in [0.15, 0.2) is 0 Å². The van der Waals surface area contributed by atoms with Crippen LogP contribution in [0.1, 0.15) is 24.8 Å². The van der Waals surface area contributed by atoms with Gasteiger partial charge in [0.1, 0.15) is 0 Å². The molecule has 2 aliphatic rings. The maximum Gasteiger partial charge on any atom is 0.236 e. The Morgan fingerprint density at radius 2 is 1.95 bits per heavy atom. The van der Waals surface area contributed by atoms with E-state index in [-0.39, 0.29) is 17.2 Å². The average Bonchev–Trinajstić information content (AvgIpc) is 2.47. The van der Waals surface area contributed by atoms with E-state index in [9.17, 15) is 9.59 Å². The quantitative estimate of drug-likeness (QED) is 0.899. The minimum Gasteiger partial charge on any atom is -0.342 e. The van der Waals surface area contributed by atoms with Gasteiger partial charge in [-0.25, -0.2) is 0 Å². The molecule has 118 valence electrons. The van der Waals surface area contributed by atoms with Crippen LogP contribution in [0.2, 0.25) is 0 Å². The lowest BCUT2D eigenvalue weighted by atomic mass is 9.68. The fraction of sp³-hybridized carbons (Fsp3) is 0.529. The molecule has 0 aromatic heterocycles. The van der Waals surface area contributed by atoms with E-state index in [0.717, 1.165) is 31.6 Å². The van der Waals surface area contributed by atoms with E-state index in [1.54, 1.807) is 0 Å². The molecule has 0 aliphatic carbocycles. The highest BCUT2D eigenvalue weighted by Crippen LogP contribution is 2.44. The molecule has 22 heavy (non-hydrogen) atoms. The zero-order valence-electron chi connectivity index (χ0n) is 13.3. The second-order valence-electron chi connectivity index (χ2n) is 6.67. The zero-order chi connectivity index (χ0) is 15.7. The Hall–Kier alpha value is -1.88. The van der Waals surface area contributed by atoms with Crippen molar-refractivity contribution in [2.45, 2.75) is 24.7 Å². The molecule has 1 N–H and O–H groups in total. The van der Waals surface area contributed by atoms with Crippen LogP contribution in [0.3, 0.4) is 0 Å². The Kier molecular flexibility index (Phi) is 3.91. The number of amides is 2. The minimum absolute atomic E-state index is 0.0896. The molecule has 0 bridgehead atoms. The summed E-state index contributed by atoms with van der Waals surface area (Å²) in [6.07, 6.45) is 2.24. The lowest BCUT2D eigenvalue weighted by Crippen LogP contribution is -2.50. The van der Waals surface area contributed by atoms with Gasteiger partial charge in [-0.2, -0.15) is 0 Å². The number of benzene rings is 1. The molecule has 1 aromatic carbocycles. The number of carbonyl (C=O) groups excluding carboxylic acids is 2. The molecule has 1 saturated heterocycles. The van der Waals surface area contributed by atoms with Gasteiger partial charge in [0, 0.05) is 30.6 Å². The number of likely N-dealkylation sites (N-methyl/N-ethyl adjacent to an activating group) is 1. The molecule has 0 unspecified atom stereocenters. The summed E-state index contributed by atoms with van der Waals surface area (Å²) >= 11 is 0. The molecule has 1 fully saturated rings. The number of likely N-dealkylation sites (tertiary alicyclic amines) is 1. The van der Waals surface area contributed by atoms with Gasteiger partial charge in [0.05, 0.1) is 6.54 Å². The van der Waals surface area contributed by atoms with Crippen molar-refractivity contribution in [3.05, 3.63) is 29.8 Å². The summed E-state index contributed by atoms with van der Waals surface area (Å²) in [7, 11) is 3.82. The Balaban J connectivity index is 1.77. The zero-order valence-corrected chi connectivity index (χ0v) is 13.3. The first-order valence-electron chi connectivity index (χ1n) is 7.82. The smallest absolute Gasteiger partial charge is 0.236 e. The van der Waals surface area contributed by atoms with Crippen LogP contribution in [0, 0.1) is 0 Å². The fourth-order valence-corrected chi connectivity index (χ4v) is 3.65. The lowest BCUT2D eigenvalue weighted by molar-refractivity contribution is -0.133. The Morgan fingerprint density at radius 1 is 1.27 bits per heavy atom. The van der Waals surface area contributed by atoms with Gasteiger partial charge in [-0.15, -0.1) is 0 Å². The van der Waals surface area contributed by atoms with Crippen LogP contribution in [0.25, 0.3) is 0 Å². The third-order valence-electron chi connectivity index (χ3n) is 4.80. The normalized spacial score (nSPS) is 20.0. The molecule has 5 heteroatoms. The van der Waals surface area contributed by atoms with Crippen molar-refractivity contribution in [2.75, 3.05) is 39.0 Å². The van der Waals surface area contributed by atoms with Crippen molar-refractivity contribution < 1.29 is 9.59 Å². The molecule has 3 rings (SSSR count). The van der Waals surface area contributed by atoms with Gasteiger partial charge in [-0.3, -0.25) is 9.59 Å². The molecule has 0 atom stereocenters. The Labute approximate surface area is 131 Å². The highest BCUT2D eigenvalue weighted by molar-refractivity contribution is 5.95. The fourth-order valence-electron chi connectivity index (χ4n) is 3.65. The predicted molar refractivity (Wildman–Crippen MR) is 85.7 cm³/mol. The van der Waals surface area contributed by atoms with Gasteiger partial charge >= 0.3 is 0 Å². The standard InChI is InChI=1S/C17H23N3O2/c1-19(2)12-16(22)20-9-7-17(8-10-20)11-15(21)18-14-6-4-3-5-13(14)17/h3-6H,7-12H2,1-2H3,(H,18,21). The third kappa shape index (κ3) is 2.73. The number of fused-ring (bicyclic) bond motifs is 2. The average molecular weight is 301 g/mol. The number of anilines is 1. The van der Waals surface area contributed by atoms with Crippen molar-refractivity contribution >= 4 is 17.5 Å². The van der Waals surface area contributed by atoms with Gasteiger partial charge in [0.2, 0.25) is 11.8 Å². The first-order valence-corrected chi connectivity index (χ1v) is 7.82. The van der Waals surface area contributed by atoms with Crippen LogP contribution in [0.4, 0.5) is 5.69 Å². The molecule has 2 heterocycles.